The van der Waals surface area contributed by atoms with Crippen LogP contribution in [0.3, 0.4) is 0 Å². The summed E-state index contributed by atoms with van der Waals surface area (Å²) in [6.07, 6.45) is 2.79. The van der Waals surface area contributed by atoms with Crippen molar-refractivity contribution in [1.82, 2.24) is 0 Å². The Kier molecular flexibility index (Phi) is 6.67. The molecule has 0 atom stereocenters. The number of carbonyl (C=O) groups is 1. The number of aliphatic hydroxyl groups excluding tert-OH is 1. The second-order valence-electron chi connectivity index (χ2n) is 5.56. The van der Waals surface area contributed by atoms with Crippen LogP contribution in [0.4, 0.5) is 0 Å². The number of aliphatic imine (C=N–C) groups is 1. The highest BCUT2D eigenvalue weighted by Crippen LogP contribution is 2.30. The van der Waals surface area contributed by atoms with E-state index in [0.717, 1.165) is 5.56 Å². The molecule has 0 unspecified atom stereocenters. The Morgan fingerprint density at radius 2 is 1.79 bits per heavy atom. The third-order valence-electron chi connectivity index (χ3n) is 3.76. The van der Waals surface area contributed by atoms with Gasteiger partial charge in [0, 0.05) is 22.8 Å². The van der Waals surface area contributed by atoms with Crippen molar-refractivity contribution in [2.45, 2.75) is 5.75 Å². The molecular weight excluding hydrogens is 421 g/mol. The van der Waals surface area contributed by atoms with Gasteiger partial charge < -0.3 is 13.9 Å². The number of thioether (sulfide) groups is 1. The molecule has 0 amide bonds. The first kappa shape index (κ1) is 20.3. The van der Waals surface area contributed by atoms with E-state index in [1.54, 1.807) is 36.4 Å². The Bertz CT molecular complexity index is 1020. The lowest BCUT2D eigenvalue weighted by Crippen LogP contribution is -2.13. The smallest absolute Gasteiger partial charge is 0.234 e. The summed E-state index contributed by atoms with van der Waals surface area (Å²) in [6.45, 7) is 0. The number of Topliss-reactive ketones (excluding diaryl/α,β-unsaturated/α-hetero) is 1. The van der Waals surface area contributed by atoms with E-state index in [9.17, 15) is 9.90 Å². The van der Waals surface area contributed by atoms with E-state index in [4.69, 9.17) is 32.0 Å². The van der Waals surface area contributed by atoms with Gasteiger partial charge in [0.15, 0.2) is 17.3 Å². The van der Waals surface area contributed by atoms with E-state index in [1.165, 1.54) is 37.4 Å². The van der Waals surface area contributed by atoms with Crippen molar-refractivity contribution < 1.29 is 18.7 Å². The van der Waals surface area contributed by atoms with E-state index < -0.39 is 5.78 Å². The number of nitrogens with zero attached hydrogens (tertiary/aromatic N) is 1. The predicted octanol–water partition coefficient (Wildman–Crippen LogP) is 6.29. The average molecular weight is 436 g/mol. The Morgan fingerprint density at radius 1 is 1.11 bits per heavy atom. The zero-order chi connectivity index (χ0) is 20.1. The topological polar surface area (TPSA) is 75.9 Å². The van der Waals surface area contributed by atoms with Crippen molar-refractivity contribution in [1.29, 1.82) is 0 Å². The van der Waals surface area contributed by atoms with Crippen molar-refractivity contribution in [2.24, 2.45) is 4.99 Å². The summed E-state index contributed by atoms with van der Waals surface area (Å²) in [5.74, 6) is -0.167. The molecule has 3 aromatic rings. The lowest BCUT2D eigenvalue weighted by atomic mass is 10.1. The van der Waals surface area contributed by atoms with E-state index in [1.807, 2.05) is 0 Å². The number of furan rings is 2. The summed E-state index contributed by atoms with van der Waals surface area (Å²) in [6, 6.07) is 11.5. The van der Waals surface area contributed by atoms with Crippen LogP contribution >= 0.6 is 35.0 Å². The van der Waals surface area contributed by atoms with Crippen molar-refractivity contribution in [2.75, 3.05) is 7.05 Å². The summed E-state index contributed by atoms with van der Waals surface area (Å²) in [5.41, 5.74) is 0.807. The van der Waals surface area contributed by atoms with Gasteiger partial charge in [0.05, 0.1) is 12.5 Å². The zero-order valence-electron chi connectivity index (χ0n) is 14.7. The average Bonchev–Trinajstić information content (AvgIpc) is 3.39. The van der Waals surface area contributed by atoms with E-state index >= 15 is 0 Å². The van der Waals surface area contributed by atoms with Crippen molar-refractivity contribution in [3.05, 3.63) is 87.7 Å². The minimum Gasteiger partial charge on any atom is -0.504 e. The molecule has 0 fully saturated rings. The van der Waals surface area contributed by atoms with Gasteiger partial charge in [-0.3, -0.25) is 9.79 Å². The van der Waals surface area contributed by atoms with E-state index in [0.29, 0.717) is 20.8 Å². The van der Waals surface area contributed by atoms with Crippen LogP contribution in [-0.4, -0.2) is 23.0 Å². The minimum absolute atomic E-state index is 0.0116. The fourth-order valence-corrected chi connectivity index (χ4v) is 3.97. The maximum Gasteiger partial charge on any atom is 0.234 e. The van der Waals surface area contributed by atoms with Gasteiger partial charge >= 0.3 is 0 Å². The third-order valence-corrected chi connectivity index (χ3v) is 5.46. The molecule has 5 nitrogen and oxygen atoms in total. The molecular formula is C20H15Cl2NO4S. The molecule has 3 rings (SSSR count). The van der Waals surface area contributed by atoms with Crippen LogP contribution in [0.2, 0.25) is 10.0 Å². The Hall–Kier alpha value is -2.41. The fourth-order valence-electron chi connectivity index (χ4n) is 2.41. The first-order valence-electron chi connectivity index (χ1n) is 8.10. The molecule has 0 saturated heterocycles. The zero-order valence-corrected chi connectivity index (χ0v) is 17.0. The maximum atomic E-state index is 13.0. The summed E-state index contributed by atoms with van der Waals surface area (Å²) in [7, 11) is 1.54. The molecule has 8 heteroatoms. The van der Waals surface area contributed by atoms with E-state index in [-0.39, 0.29) is 22.9 Å². The molecule has 0 spiro atoms. The number of aliphatic hydroxyl groups is 1. The molecule has 0 aliphatic heterocycles. The summed E-state index contributed by atoms with van der Waals surface area (Å²) >= 11 is 13.4. The van der Waals surface area contributed by atoms with Gasteiger partial charge in [-0.05, 0) is 42.0 Å². The number of benzene rings is 1. The highest BCUT2D eigenvalue weighted by molar-refractivity contribution is 8.13. The molecule has 0 aliphatic carbocycles. The maximum absolute atomic E-state index is 13.0. The summed E-state index contributed by atoms with van der Waals surface area (Å²) in [5, 5.41) is 12.1. The van der Waals surface area contributed by atoms with Gasteiger partial charge in [0.2, 0.25) is 5.78 Å². The Balaban J connectivity index is 1.96. The first-order chi connectivity index (χ1) is 13.5. The molecule has 2 heterocycles. The summed E-state index contributed by atoms with van der Waals surface area (Å²) in [4.78, 5) is 17.2. The number of hydrogen-bond acceptors (Lipinski definition) is 6. The fraction of sp³-hybridized carbons (Fsp3) is 0.100. The number of carbonyl (C=O) groups excluding carboxylic acids is 1. The normalized spacial score (nSPS) is 12.8. The standard InChI is InChI=1S/C20H15Cl2NO4S/c1-23-20(28-11-12-6-7-13(21)10-14(12)22)17(18(24)15-4-2-8-26-15)19(25)16-5-3-9-27-16/h2-10,24H,11H2,1H3/b18-17+,23-20?. The van der Waals surface area contributed by atoms with Crippen molar-refractivity contribution >= 4 is 51.5 Å². The van der Waals surface area contributed by atoms with Gasteiger partial charge in [0.25, 0.3) is 0 Å². The van der Waals surface area contributed by atoms with Gasteiger partial charge in [-0.2, -0.15) is 0 Å². The van der Waals surface area contributed by atoms with Crippen LogP contribution in [0.1, 0.15) is 21.9 Å². The second kappa shape index (κ2) is 9.19. The van der Waals surface area contributed by atoms with Crippen LogP contribution in [-0.2, 0) is 5.75 Å². The number of ketones is 1. The Labute approximate surface area is 175 Å². The quantitative estimate of drug-likeness (QED) is 0.162. The van der Waals surface area contributed by atoms with Gasteiger partial charge in [-0.1, -0.05) is 29.3 Å². The van der Waals surface area contributed by atoms with Gasteiger partial charge in [-0.15, -0.1) is 11.8 Å². The second-order valence-corrected chi connectivity index (χ2v) is 7.37. The SMILES string of the molecule is CN=C(SCc1ccc(Cl)cc1Cl)/C(C(=O)c1ccco1)=C(/O)c1ccco1. The first-order valence-corrected chi connectivity index (χ1v) is 9.84. The van der Waals surface area contributed by atoms with Crippen molar-refractivity contribution in [3.8, 4) is 0 Å². The molecule has 1 aromatic carbocycles. The van der Waals surface area contributed by atoms with Crippen LogP contribution in [0.15, 0.2) is 74.4 Å². The van der Waals surface area contributed by atoms with Crippen LogP contribution in [0.25, 0.3) is 5.76 Å². The molecule has 28 heavy (non-hydrogen) atoms. The van der Waals surface area contributed by atoms with Crippen LogP contribution in [0, 0.1) is 0 Å². The summed E-state index contributed by atoms with van der Waals surface area (Å²) < 4.78 is 10.5. The Morgan fingerprint density at radius 3 is 2.36 bits per heavy atom. The highest BCUT2D eigenvalue weighted by Gasteiger charge is 2.27. The molecule has 144 valence electrons. The number of hydrogen-bond donors (Lipinski definition) is 1. The third kappa shape index (κ3) is 4.52. The van der Waals surface area contributed by atoms with Gasteiger partial charge in [-0.25, -0.2) is 0 Å². The van der Waals surface area contributed by atoms with Crippen LogP contribution < -0.4 is 0 Å². The molecule has 0 radical (unpaired) electrons. The molecule has 0 bridgehead atoms. The molecule has 1 N–H and O–H groups in total. The highest BCUT2D eigenvalue weighted by atomic mass is 35.5. The lowest BCUT2D eigenvalue weighted by molar-refractivity contribution is 0.101. The number of halogens is 2. The number of rotatable bonds is 6. The lowest BCUT2D eigenvalue weighted by Gasteiger charge is -2.11. The largest absolute Gasteiger partial charge is 0.504 e. The monoisotopic (exact) mass is 435 g/mol. The van der Waals surface area contributed by atoms with Crippen LogP contribution in [0.5, 0.6) is 0 Å². The van der Waals surface area contributed by atoms with Crippen molar-refractivity contribution in [3.63, 3.8) is 0 Å². The van der Waals surface area contributed by atoms with Gasteiger partial charge in [0.1, 0.15) is 10.6 Å². The minimum atomic E-state index is -0.505. The molecule has 2 aromatic heterocycles. The molecule has 0 saturated carbocycles. The predicted molar refractivity (Wildman–Crippen MR) is 112 cm³/mol. The molecule has 0 aliphatic rings. The van der Waals surface area contributed by atoms with E-state index in [2.05, 4.69) is 4.99 Å².